The summed E-state index contributed by atoms with van der Waals surface area (Å²) in [6.45, 7) is 5.31. The predicted molar refractivity (Wildman–Crippen MR) is 71.3 cm³/mol. The van der Waals surface area contributed by atoms with Gasteiger partial charge in [-0.2, -0.15) is 5.26 Å². The van der Waals surface area contributed by atoms with Crippen LogP contribution in [0.2, 0.25) is 0 Å². The molecule has 0 aromatic rings. The van der Waals surface area contributed by atoms with Crippen molar-refractivity contribution in [3.63, 3.8) is 0 Å². The second-order valence-corrected chi connectivity index (χ2v) is 5.95. The molecular weight excluding hydrogens is 226 g/mol. The highest BCUT2D eigenvalue weighted by molar-refractivity contribution is 4.96. The third-order valence-electron chi connectivity index (χ3n) is 4.13. The van der Waals surface area contributed by atoms with Crippen molar-refractivity contribution in [2.24, 2.45) is 0 Å². The van der Waals surface area contributed by atoms with E-state index in [0.717, 1.165) is 32.5 Å². The van der Waals surface area contributed by atoms with Crippen molar-refractivity contribution in [3.8, 4) is 6.07 Å². The van der Waals surface area contributed by atoms with Crippen LogP contribution < -0.4 is 5.32 Å². The van der Waals surface area contributed by atoms with Gasteiger partial charge in [0.1, 0.15) is 0 Å². The number of methoxy groups -OCH3 is 1. The Morgan fingerprint density at radius 1 is 1.56 bits per heavy atom. The van der Waals surface area contributed by atoms with Crippen molar-refractivity contribution in [3.05, 3.63) is 0 Å². The minimum absolute atomic E-state index is 0.00428. The fourth-order valence-electron chi connectivity index (χ4n) is 2.70. The van der Waals surface area contributed by atoms with Crippen molar-refractivity contribution in [1.82, 2.24) is 10.2 Å². The van der Waals surface area contributed by atoms with Gasteiger partial charge in [-0.25, -0.2) is 0 Å². The third kappa shape index (κ3) is 3.94. The van der Waals surface area contributed by atoms with E-state index >= 15 is 0 Å². The van der Waals surface area contributed by atoms with Crippen molar-refractivity contribution < 1.29 is 4.74 Å². The zero-order chi connectivity index (χ0) is 13.0. The van der Waals surface area contributed by atoms with Gasteiger partial charge in [0.15, 0.2) is 0 Å². The first-order chi connectivity index (χ1) is 8.65. The Balaban J connectivity index is 1.73. The second-order valence-electron chi connectivity index (χ2n) is 5.95. The van der Waals surface area contributed by atoms with E-state index in [1.165, 1.54) is 19.3 Å². The third-order valence-corrected chi connectivity index (χ3v) is 4.13. The molecule has 2 rings (SSSR count). The molecule has 0 spiro atoms. The zero-order valence-electron chi connectivity index (χ0n) is 11.6. The van der Waals surface area contributed by atoms with Crippen LogP contribution >= 0.6 is 0 Å². The molecule has 102 valence electrons. The molecule has 1 saturated carbocycles. The number of nitriles is 1. The fraction of sp³-hybridized carbons (Fsp3) is 0.929. The molecule has 2 aliphatic rings. The molecule has 1 N–H and O–H groups in total. The molecule has 0 radical (unpaired) electrons. The normalized spacial score (nSPS) is 30.9. The number of nitrogens with zero attached hydrogens (tertiary/aromatic N) is 2. The molecule has 0 aromatic heterocycles. The lowest BCUT2D eigenvalue weighted by molar-refractivity contribution is -0.0509. The van der Waals surface area contributed by atoms with Gasteiger partial charge in [0.05, 0.1) is 17.7 Å². The summed E-state index contributed by atoms with van der Waals surface area (Å²) in [7, 11) is 1.80. The average Bonchev–Trinajstić information content (AvgIpc) is 3.18. The molecular formula is C14H25N3O. The van der Waals surface area contributed by atoms with Gasteiger partial charge in [0.2, 0.25) is 0 Å². The number of likely N-dealkylation sites (tertiary alicyclic amines) is 1. The van der Waals surface area contributed by atoms with Crippen molar-refractivity contribution in [1.29, 1.82) is 5.26 Å². The summed E-state index contributed by atoms with van der Waals surface area (Å²) >= 11 is 0. The summed E-state index contributed by atoms with van der Waals surface area (Å²) in [5.74, 6) is 0. The Hall–Kier alpha value is -0.630. The predicted octanol–water partition coefficient (Wildman–Crippen LogP) is 1.52. The van der Waals surface area contributed by atoms with Crippen molar-refractivity contribution in [2.45, 2.75) is 56.7 Å². The van der Waals surface area contributed by atoms with Crippen LogP contribution in [0.1, 0.15) is 39.0 Å². The highest BCUT2D eigenvalue weighted by Crippen LogP contribution is 2.24. The first-order valence-electron chi connectivity index (χ1n) is 7.08. The van der Waals surface area contributed by atoms with Crippen LogP contribution in [0.4, 0.5) is 0 Å². The molecule has 0 bridgehead atoms. The van der Waals surface area contributed by atoms with Crippen LogP contribution in [-0.4, -0.2) is 49.3 Å². The van der Waals surface area contributed by atoms with Gasteiger partial charge >= 0.3 is 0 Å². The summed E-state index contributed by atoms with van der Waals surface area (Å²) in [4.78, 5) is 2.44. The summed E-state index contributed by atoms with van der Waals surface area (Å²) in [5, 5.41) is 12.5. The van der Waals surface area contributed by atoms with Gasteiger partial charge in [-0.05, 0) is 45.6 Å². The molecule has 0 aromatic carbocycles. The first kappa shape index (κ1) is 13.8. The lowest BCUT2D eigenvalue weighted by Crippen LogP contribution is -2.48. The quantitative estimate of drug-likeness (QED) is 0.777. The minimum Gasteiger partial charge on any atom is -0.377 e. The van der Waals surface area contributed by atoms with Crippen LogP contribution in [-0.2, 0) is 4.74 Å². The number of nitrogens with one attached hydrogen (secondary N) is 1. The smallest absolute Gasteiger partial charge is 0.0967 e. The number of hydrogen-bond acceptors (Lipinski definition) is 4. The van der Waals surface area contributed by atoms with Crippen LogP contribution in [0, 0.1) is 11.3 Å². The maximum atomic E-state index is 9.13. The molecule has 1 heterocycles. The van der Waals surface area contributed by atoms with Gasteiger partial charge in [-0.15, -0.1) is 0 Å². The molecule has 2 fully saturated rings. The molecule has 2 unspecified atom stereocenters. The molecule has 4 heteroatoms. The van der Waals surface area contributed by atoms with E-state index in [-0.39, 0.29) is 11.6 Å². The standard InChI is InChI=1S/C14H25N3O/c1-14(18-2)7-3-8-17(11-14)9-6-13(10-15)16-12-4-5-12/h12-13,16H,3-9,11H2,1-2H3. The fourth-order valence-corrected chi connectivity index (χ4v) is 2.70. The van der Waals surface area contributed by atoms with Gasteiger partial charge in [0, 0.05) is 26.2 Å². The Morgan fingerprint density at radius 2 is 2.33 bits per heavy atom. The summed E-state index contributed by atoms with van der Waals surface area (Å²) in [6.07, 6.45) is 5.74. The maximum Gasteiger partial charge on any atom is 0.0967 e. The summed E-state index contributed by atoms with van der Waals surface area (Å²) in [6, 6.07) is 3.01. The number of hydrogen-bond donors (Lipinski definition) is 1. The van der Waals surface area contributed by atoms with E-state index in [1.54, 1.807) is 7.11 Å². The summed E-state index contributed by atoms with van der Waals surface area (Å²) in [5.41, 5.74) is 0.00428. The van der Waals surface area contributed by atoms with Crippen LogP contribution in [0.3, 0.4) is 0 Å². The monoisotopic (exact) mass is 251 g/mol. The van der Waals surface area contributed by atoms with Gasteiger partial charge in [0.25, 0.3) is 0 Å². The second kappa shape index (κ2) is 6.01. The largest absolute Gasteiger partial charge is 0.377 e. The Bertz CT molecular complexity index is 311. The number of ether oxygens (including phenoxy) is 1. The SMILES string of the molecule is COC1(C)CCCN(CCC(C#N)NC2CC2)C1. The van der Waals surface area contributed by atoms with Crippen molar-refractivity contribution >= 4 is 0 Å². The molecule has 18 heavy (non-hydrogen) atoms. The van der Waals surface area contributed by atoms with E-state index in [2.05, 4.69) is 23.2 Å². The maximum absolute atomic E-state index is 9.13. The molecule has 4 nitrogen and oxygen atoms in total. The van der Waals surface area contributed by atoms with E-state index in [0.29, 0.717) is 6.04 Å². The molecule has 1 saturated heterocycles. The van der Waals surface area contributed by atoms with E-state index < -0.39 is 0 Å². The van der Waals surface area contributed by atoms with E-state index in [1.807, 2.05) is 0 Å². The highest BCUT2D eigenvalue weighted by atomic mass is 16.5. The Kier molecular flexibility index (Phi) is 4.60. The molecule has 1 aliphatic heterocycles. The Morgan fingerprint density at radius 3 is 2.94 bits per heavy atom. The molecule has 0 amide bonds. The van der Waals surface area contributed by atoms with Gasteiger partial charge in [-0.1, -0.05) is 0 Å². The van der Waals surface area contributed by atoms with Gasteiger partial charge in [-0.3, -0.25) is 5.32 Å². The topological polar surface area (TPSA) is 48.3 Å². The average molecular weight is 251 g/mol. The van der Waals surface area contributed by atoms with Crippen LogP contribution in [0.5, 0.6) is 0 Å². The lowest BCUT2D eigenvalue weighted by atomic mass is 9.94. The van der Waals surface area contributed by atoms with Crippen LogP contribution in [0.25, 0.3) is 0 Å². The zero-order valence-corrected chi connectivity index (χ0v) is 11.6. The first-order valence-corrected chi connectivity index (χ1v) is 7.08. The highest BCUT2D eigenvalue weighted by Gasteiger charge is 2.31. The molecule has 2 atom stereocenters. The van der Waals surface area contributed by atoms with Crippen LogP contribution in [0.15, 0.2) is 0 Å². The Labute approximate surface area is 110 Å². The van der Waals surface area contributed by atoms with Gasteiger partial charge < -0.3 is 9.64 Å². The van der Waals surface area contributed by atoms with Crippen molar-refractivity contribution in [2.75, 3.05) is 26.7 Å². The van der Waals surface area contributed by atoms with E-state index in [9.17, 15) is 0 Å². The number of rotatable bonds is 6. The lowest BCUT2D eigenvalue weighted by Gasteiger charge is -2.39. The minimum atomic E-state index is 0.00428. The van der Waals surface area contributed by atoms with E-state index in [4.69, 9.17) is 10.00 Å². The molecule has 1 aliphatic carbocycles. The summed E-state index contributed by atoms with van der Waals surface area (Å²) < 4.78 is 5.59. The number of piperidine rings is 1.